The number of hydrogen-bond acceptors (Lipinski definition) is 2. The van der Waals surface area contributed by atoms with Gasteiger partial charge < -0.3 is 0 Å². The molecule has 1 heterocycles. The van der Waals surface area contributed by atoms with E-state index in [1.807, 2.05) is 30.5 Å². The Morgan fingerprint density at radius 1 is 1.21 bits per heavy atom. The third-order valence-corrected chi connectivity index (χ3v) is 3.39. The maximum atomic E-state index is 10.7. The summed E-state index contributed by atoms with van der Waals surface area (Å²) >= 11 is 1.62. The highest BCUT2D eigenvalue weighted by atomic mass is 32.1. The van der Waals surface area contributed by atoms with Crippen molar-refractivity contribution in [3.63, 3.8) is 0 Å². The van der Waals surface area contributed by atoms with Crippen LogP contribution >= 0.6 is 11.3 Å². The van der Waals surface area contributed by atoms with Crippen LogP contribution in [0.3, 0.4) is 0 Å². The molecule has 2 aromatic rings. The monoisotopic (exact) mass is 202 g/mol. The third kappa shape index (κ3) is 1.49. The van der Waals surface area contributed by atoms with Gasteiger partial charge >= 0.3 is 0 Å². The SMILES string of the molecule is Cc1c(C=O)csc1-c1ccccc1. The molecular formula is C12H10OS. The number of hydrogen-bond donors (Lipinski definition) is 0. The van der Waals surface area contributed by atoms with Crippen LogP contribution < -0.4 is 0 Å². The summed E-state index contributed by atoms with van der Waals surface area (Å²) in [6.45, 7) is 1.99. The van der Waals surface area contributed by atoms with Crippen LogP contribution in [0.4, 0.5) is 0 Å². The molecule has 0 saturated carbocycles. The largest absolute Gasteiger partial charge is 0.298 e. The molecule has 0 N–H and O–H groups in total. The van der Waals surface area contributed by atoms with Crippen LogP contribution in [-0.2, 0) is 0 Å². The van der Waals surface area contributed by atoms with Crippen molar-refractivity contribution in [2.75, 3.05) is 0 Å². The fourth-order valence-electron chi connectivity index (χ4n) is 1.42. The maximum absolute atomic E-state index is 10.7. The predicted molar refractivity (Wildman–Crippen MR) is 59.9 cm³/mol. The zero-order valence-corrected chi connectivity index (χ0v) is 8.67. The molecular weight excluding hydrogens is 192 g/mol. The van der Waals surface area contributed by atoms with E-state index in [9.17, 15) is 4.79 Å². The van der Waals surface area contributed by atoms with Crippen molar-refractivity contribution in [3.8, 4) is 10.4 Å². The van der Waals surface area contributed by atoms with Gasteiger partial charge in [-0.25, -0.2) is 0 Å². The van der Waals surface area contributed by atoms with Crippen LogP contribution in [0.25, 0.3) is 10.4 Å². The molecule has 0 saturated heterocycles. The van der Waals surface area contributed by atoms with Crippen LogP contribution in [0, 0.1) is 6.92 Å². The van der Waals surface area contributed by atoms with Crippen LogP contribution in [0.1, 0.15) is 15.9 Å². The van der Waals surface area contributed by atoms with Gasteiger partial charge in [0.05, 0.1) is 0 Å². The number of thiophene rings is 1. The van der Waals surface area contributed by atoms with Crippen molar-refractivity contribution in [3.05, 3.63) is 46.8 Å². The molecule has 0 aliphatic carbocycles. The summed E-state index contributed by atoms with van der Waals surface area (Å²) in [7, 11) is 0. The Morgan fingerprint density at radius 2 is 1.93 bits per heavy atom. The Labute approximate surface area is 87.0 Å². The van der Waals surface area contributed by atoms with Gasteiger partial charge in [-0.1, -0.05) is 30.3 Å². The predicted octanol–water partition coefficient (Wildman–Crippen LogP) is 3.54. The normalized spacial score (nSPS) is 10.1. The zero-order chi connectivity index (χ0) is 9.97. The third-order valence-electron chi connectivity index (χ3n) is 2.24. The molecule has 1 aromatic heterocycles. The molecule has 0 spiro atoms. The van der Waals surface area contributed by atoms with E-state index in [0.717, 1.165) is 17.4 Å². The Morgan fingerprint density at radius 3 is 2.50 bits per heavy atom. The summed E-state index contributed by atoms with van der Waals surface area (Å²) in [5.74, 6) is 0. The van der Waals surface area contributed by atoms with Crippen LogP contribution in [-0.4, -0.2) is 6.29 Å². The van der Waals surface area contributed by atoms with Crippen molar-refractivity contribution in [2.24, 2.45) is 0 Å². The highest BCUT2D eigenvalue weighted by Gasteiger charge is 2.07. The van der Waals surface area contributed by atoms with Gasteiger partial charge in [0, 0.05) is 15.8 Å². The van der Waals surface area contributed by atoms with E-state index >= 15 is 0 Å². The highest BCUT2D eigenvalue weighted by molar-refractivity contribution is 7.14. The minimum absolute atomic E-state index is 0.800. The first-order chi connectivity index (χ1) is 6.83. The van der Waals surface area contributed by atoms with Gasteiger partial charge in [-0.2, -0.15) is 0 Å². The summed E-state index contributed by atoms with van der Waals surface area (Å²) in [4.78, 5) is 11.9. The molecule has 0 unspecified atom stereocenters. The molecule has 70 valence electrons. The van der Waals surface area contributed by atoms with Gasteiger partial charge in [-0.15, -0.1) is 11.3 Å². The molecule has 1 aromatic carbocycles. The van der Waals surface area contributed by atoms with Gasteiger partial charge in [0.2, 0.25) is 0 Å². The molecule has 2 heteroatoms. The van der Waals surface area contributed by atoms with E-state index < -0.39 is 0 Å². The lowest BCUT2D eigenvalue weighted by Gasteiger charge is -1.98. The van der Waals surface area contributed by atoms with Gasteiger partial charge in [0.15, 0.2) is 6.29 Å². The average molecular weight is 202 g/mol. The van der Waals surface area contributed by atoms with Gasteiger partial charge in [0.25, 0.3) is 0 Å². The lowest BCUT2D eigenvalue weighted by atomic mass is 10.1. The van der Waals surface area contributed by atoms with E-state index in [0.29, 0.717) is 0 Å². The van der Waals surface area contributed by atoms with Gasteiger partial charge in [0.1, 0.15) is 0 Å². The second-order valence-corrected chi connectivity index (χ2v) is 4.01. The van der Waals surface area contributed by atoms with E-state index in [2.05, 4.69) is 12.1 Å². The van der Waals surface area contributed by atoms with Gasteiger partial charge in [-0.3, -0.25) is 4.79 Å². The molecule has 0 amide bonds. The summed E-state index contributed by atoms with van der Waals surface area (Å²) in [5.41, 5.74) is 3.06. The molecule has 0 bridgehead atoms. The number of benzene rings is 1. The average Bonchev–Trinajstić information content (AvgIpc) is 2.61. The van der Waals surface area contributed by atoms with Crippen LogP contribution in [0.15, 0.2) is 35.7 Å². The van der Waals surface area contributed by atoms with Crippen LogP contribution in [0.5, 0.6) is 0 Å². The van der Waals surface area contributed by atoms with Crippen molar-refractivity contribution in [2.45, 2.75) is 6.92 Å². The first-order valence-electron chi connectivity index (χ1n) is 4.41. The minimum atomic E-state index is 0.800. The fraction of sp³-hybridized carbons (Fsp3) is 0.0833. The standard InChI is InChI=1S/C12H10OS/c1-9-11(7-13)8-14-12(9)10-5-3-2-4-6-10/h2-8H,1H3. The van der Waals surface area contributed by atoms with Crippen molar-refractivity contribution < 1.29 is 4.79 Å². The van der Waals surface area contributed by atoms with Gasteiger partial charge in [-0.05, 0) is 18.1 Å². The molecule has 1 nitrogen and oxygen atoms in total. The summed E-state index contributed by atoms with van der Waals surface area (Å²) < 4.78 is 0. The summed E-state index contributed by atoms with van der Waals surface area (Å²) in [6.07, 6.45) is 0.915. The molecule has 0 fully saturated rings. The molecule has 2 rings (SSSR count). The summed E-state index contributed by atoms with van der Waals surface area (Å²) in [6, 6.07) is 10.1. The summed E-state index contributed by atoms with van der Waals surface area (Å²) in [5, 5.41) is 1.91. The number of aldehydes is 1. The number of carbonyl (C=O) groups is 1. The molecule has 0 aliphatic rings. The fourth-order valence-corrected chi connectivity index (χ4v) is 2.46. The first kappa shape index (κ1) is 9.16. The molecule has 0 aliphatic heterocycles. The van der Waals surface area contributed by atoms with Crippen LogP contribution in [0.2, 0.25) is 0 Å². The minimum Gasteiger partial charge on any atom is -0.298 e. The Hall–Kier alpha value is -1.41. The second kappa shape index (κ2) is 3.76. The lowest BCUT2D eigenvalue weighted by molar-refractivity contribution is 0.112. The number of rotatable bonds is 2. The maximum Gasteiger partial charge on any atom is 0.151 e. The van der Waals surface area contributed by atoms with E-state index in [4.69, 9.17) is 0 Å². The van der Waals surface area contributed by atoms with E-state index in [1.165, 1.54) is 10.4 Å². The Balaban J connectivity index is 2.53. The Bertz CT molecular complexity index is 443. The lowest BCUT2D eigenvalue weighted by Crippen LogP contribution is -1.80. The van der Waals surface area contributed by atoms with Crippen molar-refractivity contribution in [1.82, 2.24) is 0 Å². The Kier molecular flexibility index (Phi) is 2.46. The topological polar surface area (TPSA) is 17.1 Å². The van der Waals surface area contributed by atoms with Crippen molar-refractivity contribution in [1.29, 1.82) is 0 Å². The van der Waals surface area contributed by atoms with Crippen molar-refractivity contribution >= 4 is 17.6 Å². The van der Waals surface area contributed by atoms with E-state index in [1.54, 1.807) is 11.3 Å². The molecule has 0 atom stereocenters. The molecule has 0 radical (unpaired) electrons. The number of carbonyl (C=O) groups excluding carboxylic acids is 1. The van der Waals surface area contributed by atoms with E-state index in [-0.39, 0.29) is 0 Å². The molecule has 14 heavy (non-hydrogen) atoms. The second-order valence-electron chi connectivity index (χ2n) is 3.13. The smallest absolute Gasteiger partial charge is 0.151 e. The first-order valence-corrected chi connectivity index (χ1v) is 5.29. The zero-order valence-electron chi connectivity index (χ0n) is 7.86. The highest BCUT2D eigenvalue weighted by Crippen LogP contribution is 2.31. The quantitative estimate of drug-likeness (QED) is 0.681.